The number of guanidine groups is 1. The Morgan fingerprint density at radius 1 is 1.36 bits per heavy atom. The standard InChI is InChI=1S/C16H31N5O/c1-17-16(18-9-7-10-19(2)12-13-22-5)21(4)14-15-8-6-11-20(15)3/h6,8,11H,7,9-10,12-14H2,1-5H3,(H,17,18). The first kappa shape index (κ1) is 18.5. The second-order valence-electron chi connectivity index (χ2n) is 5.59. The number of aryl methyl sites for hydroxylation is 1. The van der Waals surface area contributed by atoms with Crippen molar-refractivity contribution >= 4 is 5.96 Å². The summed E-state index contributed by atoms with van der Waals surface area (Å²) in [6.07, 6.45) is 3.15. The molecule has 1 aromatic rings. The molecule has 0 spiro atoms. The molecule has 0 saturated heterocycles. The van der Waals surface area contributed by atoms with Crippen LogP contribution in [0.1, 0.15) is 12.1 Å². The van der Waals surface area contributed by atoms with Crippen LogP contribution >= 0.6 is 0 Å². The second kappa shape index (κ2) is 10.2. The lowest BCUT2D eigenvalue weighted by atomic mass is 10.3. The normalized spacial score (nSPS) is 12.0. The molecule has 0 bridgehead atoms. The van der Waals surface area contributed by atoms with Crippen molar-refractivity contribution in [1.29, 1.82) is 0 Å². The zero-order valence-electron chi connectivity index (χ0n) is 14.7. The minimum atomic E-state index is 0.783. The largest absolute Gasteiger partial charge is 0.383 e. The van der Waals surface area contributed by atoms with Gasteiger partial charge in [0, 0.05) is 53.2 Å². The Morgan fingerprint density at radius 2 is 2.14 bits per heavy atom. The molecule has 0 aromatic carbocycles. The number of methoxy groups -OCH3 is 1. The average Bonchev–Trinajstić information content (AvgIpc) is 2.90. The van der Waals surface area contributed by atoms with Crippen LogP contribution < -0.4 is 5.32 Å². The maximum Gasteiger partial charge on any atom is 0.193 e. The lowest BCUT2D eigenvalue weighted by molar-refractivity contribution is 0.161. The van der Waals surface area contributed by atoms with Gasteiger partial charge in [0.25, 0.3) is 0 Å². The van der Waals surface area contributed by atoms with E-state index in [1.54, 1.807) is 7.11 Å². The molecule has 1 aromatic heterocycles. The van der Waals surface area contributed by atoms with Crippen LogP contribution in [0.5, 0.6) is 0 Å². The van der Waals surface area contributed by atoms with Gasteiger partial charge in [0.1, 0.15) is 0 Å². The zero-order valence-corrected chi connectivity index (χ0v) is 14.7. The Labute approximate surface area is 134 Å². The molecule has 6 heteroatoms. The van der Waals surface area contributed by atoms with E-state index in [2.05, 4.69) is 64.1 Å². The van der Waals surface area contributed by atoms with Crippen molar-refractivity contribution in [3.63, 3.8) is 0 Å². The quantitative estimate of drug-likeness (QED) is 0.420. The molecule has 1 N–H and O–H groups in total. The molecule has 1 heterocycles. The summed E-state index contributed by atoms with van der Waals surface area (Å²) in [5.74, 6) is 0.931. The smallest absolute Gasteiger partial charge is 0.193 e. The molecule has 0 amide bonds. The van der Waals surface area contributed by atoms with Gasteiger partial charge < -0.3 is 24.4 Å². The van der Waals surface area contributed by atoms with Gasteiger partial charge >= 0.3 is 0 Å². The van der Waals surface area contributed by atoms with Crippen LogP contribution in [0.15, 0.2) is 23.3 Å². The van der Waals surface area contributed by atoms with E-state index in [0.717, 1.165) is 45.2 Å². The van der Waals surface area contributed by atoms with E-state index in [0.29, 0.717) is 0 Å². The fourth-order valence-electron chi connectivity index (χ4n) is 2.27. The van der Waals surface area contributed by atoms with Crippen LogP contribution in [0.3, 0.4) is 0 Å². The van der Waals surface area contributed by atoms with Crippen molar-refractivity contribution in [1.82, 2.24) is 19.7 Å². The van der Waals surface area contributed by atoms with Crippen molar-refractivity contribution in [3.05, 3.63) is 24.0 Å². The third-order valence-electron chi connectivity index (χ3n) is 3.70. The Morgan fingerprint density at radius 3 is 2.73 bits per heavy atom. The van der Waals surface area contributed by atoms with E-state index in [1.807, 2.05) is 7.05 Å². The van der Waals surface area contributed by atoms with E-state index in [9.17, 15) is 0 Å². The maximum atomic E-state index is 5.08. The molecule has 126 valence electrons. The van der Waals surface area contributed by atoms with Gasteiger partial charge in [0.15, 0.2) is 5.96 Å². The topological polar surface area (TPSA) is 45.0 Å². The number of rotatable bonds is 9. The van der Waals surface area contributed by atoms with Crippen LogP contribution in [0.4, 0.5) is 0 Å². The molecule has 0 atom stereocenters. The molecule has 0 radical (unpaired) electrons. The van der Waals surface area contributed by atoms with Gasteiger partial charge in [0.05, 0.1) is 13.2 Å². The van der Waals surface area contributed by atoms with Crippen molar-refractivity contribution in [2.24, 2.45) is 12.0 Å². The van der Waals surface area contributed by atoms with Crippen molar-refractivity contribution < 1.29 is 4.74 Å². The monoisotopic (exact) mass is 309 g/mol. The summed E-state index contributed by atoms with van der Waals surface area (Å²) in [6, 6.07) is 4.20. The third-order valence-corrected chi connectivity index (χ3v) is 3.70. The molecule has 0 aliphatic carbocycles. The van der Waals surface area contributed by atoms with Crippen molar-refractivity contribution in [2.45, 2.75) is 13.0 Å². The van der Waals surface area contributed by atoms with Gasteiger partial charge in [-0.25, -0.2) is 0 Å². The number of hydrogen-bond acceptors (Lipinski definition) is 3. The van der Waals surface area contributed by atoms with E-state index in [1.165, 1.54) is 5.69 Å². The highest BCUT2D eigenvalue weighted by Crippen LogP contribution is 2.03. The summed E-state index contributed by atoms with van der Waals surface area (Å²) >= 11 is 0. The molecular weight excluding hydrogens is 278 g/mol. The molecule has 22 heavy (non-hydrogen) atoms. The Hall–Kier alpha value is -1.53. The number of likely N-dealkylation sites (N-methyl/N-ethyl adjacent to an activating group) is 1. The van der Waals surface area contributed by atoms with E-state index in [-0.39, 0.29) is 0 Å². The zero-order chi connectivity index (χ0) is 16.4. The fourth-order valence-corrected chi connectivity index (χ4v) is 2.27. The van der Waals surface area contributed by atoms with Crippen LogP contribution in [-0.2, 0) is 18.3 Å². The van der Waals surface area contributed by atoms with E-state index in [4.69, 9.17) is 4.74 Å². The molecule has 0 saturated carbocycles. The minimum Gasteiger partial charge on any atom is -0.383 e. The summed E-state index contributed by atoms with van der Waals surface area (Å²) in [4.78, 5) is 8.78. The highest BCUT2D eigenvalue weighted by atomic mass is 16.5. The SMILES string of the molecule is CN=C(NCCCN(C)CCOC)N(C)Cc1cccn1C. The summed E-state index contributed by atoms with van der Waals surface area (Å²) in [6.45, 7) is 4.57. The number of ether oxygens (including phenoxy) is 1. The second-order valence-corrected chi connectivity index (χ2v) is 5.59. The third kappa shape index (κ3) is 6.49. The van der Waals surface area contributed by atoms with Crippen LogP contribution in [0, 0.1) is 0 Å². The molecule has 0 aliphatic heterocycles. The van der Waals surface area contributed by atoms with Crippen LogP contribution in [0.25, 0.3) is 0 Å². The highest BCUT2D eigenvalue weighted by Gasteiger charge is 2.08. The summed E-state index contributed by atoms with van der Waals surface area (Å²) < 4.78 is 7.21. The first-order chi connectivity index (χ1) is 10.6. The first-order valence-electron chi connectivity index (χ1n) is 7.78. The van der Waals surface area contributed by atoms with E-state index < -0.39 is 0 Å². The Kier molecular flexibility index (Phi) is 8.62. The van der Waals surface area contributed by atoms with Crippen LogP contribution in [-0.4, -0.2) is 74.8 Å². The molecule has 0 unspecified atom stereocenters. The number of nitrogens with one attached hydrogen (secondary N) is 1. The van der Waals surface area contributed by atoms with Crippen molar-refractivity contribution in [3.8, 4) is 0 Å². The molecular formula is C16H31N5O. The number of aromatic nitrogens is 1. The van der Waals surface area contributed by atoms with Gasteiger partial charge in [-0.05, 0) is 32.1 Å². The number of hydrogen-bond donors (Lipinski definition) is 1. The Bertz CT molecular complexity index is 443. The van der Waals surface area contributed by atoms with Gasteiger partial charge in [0.2, 0.25) is 0 Å². The summed E-state index contributed by atoms with van der Waals surface area (Å²) in [5.41, 5.74) is 1.27. The van der Waals surface area contributed by atoms with Crippen molar-refractivity contribution in [2.75, 3.05) is 54.5 Å². The van der Waals surface area contributed by atoms with Gasteiger partial charge in [-0.3, -0.25) is 4.99 Å². The summed E-state index contributed by atoms with van der Waals surface area (Å²) in [7, 11) is 9.81. The number of nitrogens with zero attached hydrogens (tertiary/aromatic N) is 4. The molecule has 0 aliphatic rings. The molecule has 6 nitrogen and oxygen atoms in total. The average molecular weight is 309 g/mol. The van der Waals surface area contributed by atoms with Gasteiger partial charge in [-0.2, -0.15) is 0 Å². The van der Waals surface area contributed by atoms with Gasteiger partial charge in [-0.1, -0.05) is 0 Å². The highest BCUT2D eigenvalue weighted by molar-refractivity contribution is 5.79. The van der Waals surface area contributed by atoms with Gasteiger partial charge in [-0.15, -0.1) is 0 Å². The lowest BCUT2D eigenvalue weighted by Gasteiger charge is -2.23. The molecule has 1 rings (SSSR count). The predicted molar refractivity (Wildman–Crippen MR) is 92.2 cm³/mol. The number of aliphatic imine (C=N–C) groups is 1. The lowest BCUT2D eigenvalue weighted by Crippen LogP contribution is -2.40. The first-order valence-corrected chi connectivity index (χ1v) is 7.78. The predicted octanol–water partition coefficient (Wildman–Crippen LogP) is 1.00. The molecule has 0 fully saturated rings. The fraction of sp³-hybridized carbons (Fsp3) is 0.688. The Balaban J connectivity index is 2.29. The maximum absolute atomic E-state index is 5.08. The van der Waals surface area contributed by atoms with Crippen LogP contribution in [0.2, 0.25) is 0 Å². The summed E-state index contributed by atoms with van der Waals surface area (Å²) in [5, 5.41) is 3.42. The minimum absolute atomic E-state index is 0.783. The van der Waals surface area contributed by atoms with E-state index >= 15 is 0 Å².